The van der Waals surface area contributed by atoms with Crippen LogP contribution in [0.4, 0.5) is 5.69 Å². The zero-order valence-corrected chi connectivity index (χ0v) is 18.2. The molecular formula is C21H27ClN2O3S. The first-order chi connectivity index (χ1) is 13.1. The van der Waals surface area contributed by atoms with Crippen molar-refractivity contribution in [2.75, 3.05) is 10.6 Å². The standard InChI is InChI=1S/C21H27ClN2O3S/c1-15(2)13-20(17-9-6-5-7-10-17)23-21(25)16(3)24(28(4,26)27)19-12-8-11-18(22)14-19/h5-12,14-16,20H,13H2,1-4H3,(H,23,25)/t16-,20+/m1/s1. The van der Waals surface area contributed by atoms with Crippen LogP contribution in [0.1, 0.15) is 38.8 Å². The zero-order valence-electron chi connectivity index (χ0n) is 16.6. The lowest BCUT2D eigenvalue weighted by Gasteiger charge is -2.30. The molecule has 0 bridgehead atoms. The quantitative estimate of drug-likeness (QED) is 0.685. The molecule has 0 heterocycles. The average molecular weight is 423 g/mol. The number of anilines is 1. The van der Waals surface area contributed by atoms with Gasteiger partial charge in [-0.3, -0.25) is 9.10 Å². The Hall–Kier alpha value is -2.05. The average Bonchev–Trinajstić information content (AvgIpc) is 2.60. The maximum absolute atomic E-state index is 13.0. The number of rotatable bonds is 8. The van der Waals surface area contributed by atoms with Crippen molar-refractivity contribution in [3.63, 3.8) is 0 Å². The maximum atomic E-state index is 13.0. The Morgan fingerprint density at radius 1 is 1.07 bits per heavy atom. The lowest BCUT2D eigenvalue weighted by molar-refractivity contribution is -0.122. The molecule has 0 unspecified atom stereocenters. The summed E-state index contributed by atoms with van der Waals surface area (Å²) in [5.74, 6) is -0.000318. The van der Waals surface area contributed by atoms with Gasteiger partial charge in [0.05, 0.1) is 18.0 Å². The first kappa shape index (κ1) is 22.2. The molecule has 1 amide bonds. The molecule has 7 heteroatoms. The number of amides is 1. The van der Waals surface area contributed by atoms with E-state index in [4.69, 9.17) is 11.6 Å². The van der Waals surface area contributed by atoms with Crippen molar-refractivity contribution in [2.24, 2.45) is 5.92 Å². The van der Waals surface area contributed by atoms with Crippen molar-refractivity contribution in [3.05, 3.63) is 65.2 Å². The van der Waals surface area contributed by atoms with Gasteiger partial charge < -0.3 is 5.32 Å². The van der Waals surface area contributed by atoms with Gasteiger partial charge in [0, 0.05) is 5.02 Å². The maximum Gasteiger partial charge on any atom is 0.244 e. The minimum atomic E-state index is -3.69. The topological polar surface area (TPSA) is 66.5 Å². The third kappa shape index (κ3) is 5.97. The fourth-order valence-corrected chi connectivity index (χ4v) is 4.50. The Labute approximate surface area is 172 Å². The van der Waals surface area contributed by atoms with Gasteiger partial charge in [0.2, 0.25) is 15.9 Å². The minimum absolute atomic E-state index is 0.197. The van der Waals surface area contributed by atoms with Crippen LogP contribution >= 0.6 is 11.6 Å². The van der Waals surface area contributed by atoms with Crippen molar-refractivity contribution >= 4 is 33.2 Å². The summed E-state index contributed by atoms with van der Waals surface area (Å²) in [5, 5.41) is 3.43. The highest BCUT2D eigenvalue weighted by Crippen LogP contribution is 2.26. The number of carbonyl (C=O) groups excluding carboxylic acids is 1. The van der Waals surface area contributed by atoms with Crippen LogP contribution in [0.5, 0.6) is 0 Å². The highest BCUT2D eigenvalue weighted by Gasteiger charge is 2.30. The Morgan fingerprint density at radius 3 is 2.25 bits per heavy atom. The predicted molar refractivity (Wildman–Crippen MR) is 115 cm³/mol. The number of hydrogen-bond donors (Lipinski definition) is 1. The number of sulfonamides is 1. The molecule has 2 rings (SSSR count). The van der Waals surface area contributed by atoms with E-state index in [-0.39, 0.29) is 11.9 Å². The summed E-state index contributed by atoms with van der Waals surface area (Å²) in [6.45, 7) is 5.75. The number of carbonyl (C=O) groups is 1. The first-order valence-corrected chi connectivity index (χ1v) is 11.4. The van der Waals surface area contributed by atoms with Gasteiger partial charge in [-0.2, -0.15) is 0 Å². The third-order valence-electron chi connectivity index (χ3n) is 4.38. The Kier molecular flexibility index (Phi) is 7.49. The van der Waals surface area contributed by atoms with Gasteiger partial charge in [-0.1, -0.05) is 61.8 Å². The second-order valence-electron chi connectivity index (χ2n) is 7.32. The first-order valence-electron chi connectivity index (χ1n) is 9.20. The highest BCUT2D eigenvalue weighted by molar-refractivity contribution is 7.92. The zero-order chi connectivity index (χ0) is 20.9. The molecule has 0 aromatic heterocycles. The molecule has 0 fully saturated rings. The highest BCUT2D eigenvalue weighted by atomic mass is 35.5. The van der Waals surface area contributed by atoms with Crippen LogP contribution in [-0.2, 0) is 14.8 Å². The molecule has 0 aliphatic heterocycles. The monoisotopic (exact) mass is 422 g/mol. The second-order valence-corrected chi connectivity index (χ2v) is 9.61. The molecule has 152 valence electrons. The van der Waals surface area contributed by atoms with E-state index in [0.717, 1.165) is 22.5 Å². The summed E-state index contributed by atoms with van der Waals surface area (Å²) in [7, 11) is -3.69. The Bertz CT molecular complexity index is 901. The van der Waals surface area contributed by atoms with E-state index < -0.39 is 16.1 Å². The Balaban J connectivity index is 2.30. The summed E-state index contributed by atoms with van der Waals surface area (Å²) in [6.07, 6.45) is 1.83. The van der Waals surface area contributed by atoms with Gasteiger partial charge >= 0.3 is 0 Å². The molecule has 0 aliphatic carbocycles. The molecule has 1 N–H and O–H groups in total. The van der Waals surface area contributed by atoms with Gasteiger partial charge in [-0.15, -0.1) is 0 Å². The fourth-order valence-electron chi connectivity index (χ4n) is 3.15. The molecule has 0 spiro atoms. The third-order valence-corrected chi connectivity index (χ3v) is 5.85. The smallest absolute Gasteiger partial charge is 0.244 e. The SMILES string of the molecule is CC(C)C[C@H](NC(=O)[C@@H](C)N(c1cccc(Cl)c1)S(C)(=O)=O)c1ccccc1. The normalized spacial score (nSPS) is 13.8. The predicted octanol–water partition coefficient (Wildman–Crippen LogP) is 4.40. The molecule has 2 atom stereocenters. The van der Waals surface area contributed by atoms with E-state index in [1.165, 1.54) is 6.07 Å². The Morgan fingerprint density at radius 2 is 1.71 bits per heavy atom. The van der Waals surface area contributed by atoms with Gasteiger partial charge in [0.1, 0.15) is 6.04 Å². The van der Waals surface area contributed by atoms with Gasteiger partial charge in [-0.25, -0.2) is 8.42 Å². The van der Waals surface area contributed by atoms with Gasteiger partial charge in [0.15, 0.2) is 0 Å². The summed E-state index contributed by atoms with van der Waals surface area (Å²) >= 11 is 6.02. The molecule has 0 aliphatic rings. The van der Waals surface area contributed by atoms with Crippen LogP contribution in [-0.4, -0.2) is 26.6 Å². The number of halogens is 1. The van der Waals surface area contributed by atoms with Crippen molar-refractivity contribution in [3.8, 4) is 0 Å². The van der Waals surface area contributed by atoms with E-state index in [9.17, 15) is 13.2 Å². The molecule has 0 radical (unpaired) electrons. The lowest BCUT2D eigenvalue weighted by Crippen LogP contribution is -2.48. The molecule has 0 saturated carbocycles. The van der Waals surface area contributed by atoms with Crippen LogP contribution in [0.25, 0.3) is 0 Å². The summed E-state index contributed by atoms with van der Waals surface area (Å²) in [6, 6.07) is 15.0. The van der Waals surface area contributed by atoms with Crippen molar-refractivity contribution < 1.29 is 13.2 Å². The minimum Gasteiger partial charge on any atom is -0.347 e. The van der Waals surface area contributed by atoms with Crippen LogP contribution < -0.4 is 9.62 Å². The number of nitrogens with one attached hydrogen (secondary N) is 1. The summed E-state index contributed by atoms with van der Waals surface area (Å²) in [4.78, 5) is 13.0. The second kappa shape index (κ2) is 9.43. The molecule has 5 nitrogen and oxygen atoms in total. The van der Waals surface area contributed by atoms with Crippen LogP contribution in [0, 0.1) is 5.92 Å². The van der Waals surface area contributed by atoms with Crippen LogP contribution in [0.3, 0.4) is 0 Å². The van der Waals surface area contributed by atoms with E-state index in [1.807, 2.05) is 30.3 Å². The number of benzene rings is 2. The lowest BCUT2D eigenvalue weighted by atomic mass is 9.96. The fraction of sp³-hybridized carbons (Fsp3) is 0.381. The van der Waals surface area contributed by atoms with E-state index in [2.05, 4.69) is 19.2 Å². The van der Waals surface area contributed by atoms with Crippen molar-refractivity contribution in [1.29, 1.82) is 0 Å². The van der Waals surface area contributed by atoms with E-state index in [1.54, 1.807) is 25.1 Å². The summed E-state index contributed by atoms with van der Waals surface area (Å²) < 4.78 is 26.0. The van der Waals surface area contributed by atoms with Crippen molar-refractivity contribution in [2.45, 2.75) is 39.3 Å². The van der Waals surface area contributed by atoms with E-state index in [0.29, 0.717) is 16.6 Å². The van der Waals surface area contributed by atoms with Gasteiger partial charge in [-0.05, 0) is 43.0 Å². The molecular weight excluding hydrogens is 396 g/mol. The van der Waals surface area contributed by atoms with Crippen LogP contribution in [0.2, 0.25) is 5.02 Å². The van der Waals surface area contributed by atoms with Gasteiger partial charge in [0.25, 0.3) is 0 Å². The molecule has 2 aromatic rings. The molecule has 0 saturated heterocycles. The molecule has 2 aromatic carbocycles. The molecule has 28 heavy (non-hydrogen) atoms. The largest absolute Gasteiger partial charge is 0.347 e. The summed E-state index contributed by atoms with van der Waals surface area (Å²) in [5.41, 5.74) is 1.35. The number of nitrogens with zero attached hydrogens (tertiary/aromatic N) is 1. The van der Waals surface area contributed by atoms with Crippen LogP contribution in [0.15, 0.2) is 54.6 Å². The van der Waals surface area contributed by atoms with E-state index >= 15 is 0 Å². The van der Waals surface area contributed by atoms with Crippen molar-refractivity contribution in [1.82, 2.24) is 5.32 Å². The number of hydrogen-bond acceptors (Lipinski definition) is 3.